The Hall–Kier alpha value is -2.12. The molecule has 0 aliphatic carbocycles. The summed E-state index contributed by atoms with van der Waals surface area (Å²) in [6.07, 6.45) is -1.10. The number of nitrogens with zero attached hydrogens (tertiary/aromatic N) is 2. The molecule has 3 rings (SSSR count). The first-order valence-electron chi connectivity index (χ1n) is 8.04. The molecule has 1 fully saturated rings. The molecule has 134 valence electrons. The van der Waals surface area contributed by atoms with E-state index < -0.39 is 12.5 Å². The molecule has 1 aliphatic rings. The maximum atomic E-state index is 12.5. The summed E-state index contributed by atoms with van der Waals surface area (Å²) in [4.78, 5) is 5.92. The van der Waals surface area contributed by atoms with Crippen LogP contribution in [0.4, 0.5) is 13.2 Å². The number of pyridine rings is 1. The Morgan fingerprint density at radius 1 is 1.12 bits per heavy atom. The molecule has 1 aromatic carbocycles. The second-order valence-electron chi connectivity index (χ2n) is 6.24. The number of hydrogen-bond acceptors (Lipinski definition) is 4. The van der Waals surface area contributed by atoms with Gasteiger partial charge in [-0.3, -0.25) is 9.88 Å². The van der Waals surface area contributed by atoms with Crippen molar-refractivity contribution < 1.29 is 23.0 Å². The first kappa shape index (κ1) is 17.7. The maximum Gasteiger partial charge on any atom is 0.573 e. The summed E-state index contributed by atoms with van der Waals surface area (Å²) < 4.78 is 41.7. The van der Waals surface area contributed by atoms with Gasteiger partial charge in [-0.05, 0) is 30.2 Å². The number of ether oxygens (including phenoxy) is 1. The van der Waals surface area contributed by atoms with Gasteiger partial charge in [0.05, 0.1) is 6.10 Å². The molecule has 0 radical (unpaired) electrons. The van der Waals surface area contributed by atoms with Gasteiger partial charge in [0.1, 0.15) is 5.75 Å². The number of hydrogen-bond donors (Lipinski definition) is 1. The summed E-state index contributed by atoms with van der Waals surface area (Å²) in [5.74, 6) is -0.153. The normalized spacial score (nSPS) is 21.4. The first-order valence-corrected chi connectivity index (χ1v) is 8.04. The van der Waals surface area contributed by atoms with Crippen molar-refractivity contribution in [1.29, 1.82) is 0 Å². The highest BCUT2D eigenvalue weighted by molar-refractivity contribution is 5.33. The Balaban J connectivity index is 1.65. The SMILES string of the molecule is O[C@@H]1CN(Cc2ccccc2OC(F)(F)F)C[C@H]1Cc1ccncc1. The van der Waals surface area contributed by atoms with Crippen LogP contribution in [-0.2, 0) is 13.0 Å². The Bertz CT molecular complexity index is 694. The van der Waals surface area contributed by atoms with Crippen LogP contribution in [0, 0.1) is 5.92 Å². The average Bonchev–Trinajstić information content (AvgIpc) is 2.88. The predicted molar refractivity (Wildman–Crippen MR) is 85.8 cm³/mol. The topological polar surface area (TPSA) is 45.6 Å². The number of alkyl halides is 3. The predicted octanol–water partition coefficient (Wildman–Crippen LogP) is 3.02. The average molecular weight is 352 g/mol. The number of halogens is 3. The van der Waals surface area contributed by atoms with Gasteiger partial charge in [0, 0.05) is 43.5 Å². The molecule has 0 unspecified atom stereocenters. The van der Waals surface area contributed by atoms with Crippen LogP contribution >= 0.6 is 0 Å². The minimum absolute atomic E-state index is 0.0399. The van der Waals surface area contributed by atoms with E-state index in [1.54, 1.807) is 24.5 Å². The number of aliphatic hydroxyl groups is 1. The number of benzene rings is 1. The van der Waals surface area contributed by atoms with E-state index in [4.69, 9.17) is 0 Å². The van der Waals surface area contributed by atoms with Crippen LogP contribution in [0.15, 0.2) is 48.8 Å². The molecule has 2 atom stereocenters. The standard InChI is InChI=1S/C18H19F3N2O2/c19-18(20,21)25-17-4-2-1-3-14(17)10-23-11-15(16(24)12-23)9-13-5-7-22-8-6-13/h1-8,15-16,24H,9-12H2/t15-,16-/m1/s1. The summed E-state index contributed by atoms with van der Waals surface area (Å²) in [5, 5.41) is 10.3. The van der Waals surface area contributed by atoms with Gasteiger partial charge in [0.25, 0.3) is 0 Å². The Morgan fingerprint density at radius 3 is 2.56 bits per heavy atom. The van der Waals surface area contributed by atoms with E-state index in [0.717, 1.165) is 5.56 Å². The van der Waals surface area contributed by atoms with Gasteiger partial charge in [0.2, 0.25) is 0 Å². The molecule has 1 N–H and O–H groups in total. The van der Waals surface area contributed by atoms with Gasteiger partial charge in [-0.2, -0.15) is 0 Å². The lowest BCUT2D eigenvalue weighted by Gasteiger charge is -2.19. The summed E-state index contributed by atoms with van der Waals surface area (Å²) in [6.45, 7) is 1.34. The zero-order chi connectivity index (χ0) is 17.9. The monoisotopic (exact) mass is 352 g/mol. The highest BCUT2D eigenvalue weighted by atomic mass is 19.4. The van der Waals surface area contributed by atoms with Crippen molar-refractivity contribution >= 4 is 0 Å². The van der Waals surface area contributed by atoms with Crippen molar-refractivity contribution in [3.05, 3.63) is 59.9 Å². The van der Waals surface area contributed by atoms with E-state index >= 15 is 0 Å². The molecule has 0 amide bonds. The fraction of sp³-hybridized carbons (Fsp3) is 0.389. The minimum Gasteiger partial charge on any atom is -0.405 e. The summed E-state index contributed by atoms with van der Waals surface area (Å²) in [7, 11) is 0. The Kier molecular flexibility index (Phi) is 5.24. The van der Waals surface area contributed by atoms with Crippen LogP contribution in [0.3, 0.4) is 0 Å². The van der Waals surface area contributed by atoms with Crippen LogP contribution in [0.2, 0.25) is 0 Å². The van der Waals surface area contributed by atoms with Gasteiger partial charge >= 0.3 is 6.36 Å². The van der Waals surface area contributed by atoms with Gasteiger partial charge < -0.3 is 9.84 Å². The smallest absolute Gasteiger partial charge is 0.405 e. The van der Waals surface area contributed by atoms with E-state index in [1.165, 1.54) is 12.1 Å². The number of aliphatic hydroxyl groups excluding tert-OH is 1. The minimum atomic E-state index is -4.72. The highest BCUT2D eigenvalue weighted by Gasteiger charge is 2.34. The van der Waals surface area contributed by atoms with E-state index in [-0.39, 0.29) is 11.7 Å². The van der Waals surface area contributed by atoms with Crippen LogP contribution in [0.1, 0.15) is 11.1 Å². The second kappa shape index (κ2) is 7.41. The van der Waals surface area contributed by atoms with Crippen molar-refractivity contribution in [3.8, 4) is 5.75 Å². The van der Waals surface area contributed by atoms with E-state index in [0.29, 0.717) is 31.6 Å². The van der Waals surface area contributed by atoms with Gasteiger partial charge in [-0.15, -0.1) is 13.2 Å². The van der Waals surface area contributed by atoms with E-state index in [2.05, 4.69) is 9.72 Å². The van der Waals surface area contributed by atoms with Crippen molar-refractivity contribution in [1.82, 2.24) is 9.88 Å². The van der Waals surface area contributed by atoms with Crippen LogP contribution in [-0.4, -0.2) is 40.5 Å². The second-order valence-corrected chi connectivity index (χ2v) is 6.24. The third kappa shape index (κ3) is 4.93. The largest absolute Gasteiger partial charge is 0.573 e. The maximum absolute atomic E-state index is 12.5. The molecule has 0 saturated carbocycles. The molecule has 2 heterocycles. The molecule has 0 bridgehead atoms. The number of aromatic nitrogens is 1. The first-order chi connectivity index (χ1) is 11.9. The molecule has 7 heteroatoms. The van der Waals surface area contributed by atoms with Crippen LogP contribution in [0.5, 0.6) is 5.75 Å². The zero-order valence-electron chi connectivity index (χ0n) is 13.5. The van der Waals surface area contributed by atoms with E-state index in [9.17, 15) is 18.3 Å². The Labute approximate surface area is 143 Å². The quantitative estimate of drug-likeness (QED) is 0.899. The molecule has 1 aliphatic heterocycles. The summed E-state index contributed by atoms with van der Waals surface area (Å²) in [5.41, 5.74) is 1.54. The van der Waals surface area contributed by atoms with Crippen LogP contribution in [0.25, 0.3) is 0 Å². The molecule has 2 aromatic rings. The fourth-order valence-corrected chi connectivity index (χ4v) is 3.19. The molecular weight excluding hydrogens is 333 g/mol. The number of β-amino-alcohol motifs (C(OH)–C–C–N with tert-alkyl or cyclic N) is 1. The van der Waals surface area contributed by atoms with E-state index in [1.807, 2.05) is 17.0 Å². The number of para-hydroxylation sites is 1. The van der Waals surface area contributed by atoms with Crippen molar-refractivity contribution in [2.45, 2.75) is 25.4 Å². The molecular formula is C18H19F3N2O2. The van der Waals surface area contributed by atoms with Crippen molar-refractivity contribution in [3.63, 3.8) is 0 Å². The summed E-state index contributed by atoms with van der Waals surface area (Å²) in [6, 6.07) is 9.92. The fourth-order valence-electron chi connectivity index (χ4n) is 3.19. The lowest BCUT2D eigenvalue weighted by Crippen LogP contribution is -2.23. The number of rotatable bonds is 5. The molecule has 1 saturated heterocycles. The molecule has 25 heavy (non-hydrogen) atoms. The third-order valence-corrected chi connectivity index (χ3v) is 4.32. The molecule has 4 nitrogen and oxygen atoms in total. The Morgan fingerprint density at radius 2 is 1.84 bits per heavy atom. The van der Waals surface area contributed by atoms with Gasteiger partial charge in [-0.1, -0.05) is 18.2 Å². The highest BCUT2D eigenvalue weighted by Crippen LogP contribution is 2.29. The lowest BCUT2D eigenvalue weighted by atomic mass is 9.97. The van der Waals surface area contributed by atoms with Crippen molar-refractivity contribution in [2.24, 2.45) is 5.92 Å². The van der Waals surface area contributed by atoms with Gasteiger partial charge in [-0.25, -0.2) is 0 Å². The molecule has 1 aromatic heterocycles. The number of likely N-dealkylation sites (tertiary alicyclic amines) is 1. The lowest BCUT2D eigenvalue weighted by molar-refractivity contribution is -0.275. The summed E-state index contributed by atoms with van der Waals surface area (Å²) >= 11 is 0. The molecule has 0 spiro atoms. The van der Waals surface area contributed by atoms with Crippen molar-refractivity contribution in [2.75, 3.05) is 13.1 Å². The zero-order valence-corrected chi connectivity index (χ0v) is 13.5. The third-order valence-electron chi connectivity index (χ3n) is 4.32. The van der Waals surface area contributed by atoms with Crippen LogP contribution < -0.4 is 4.74 Å². The van der Waals surface area contributed by atoms with Gasteiger partial charge in [0.15, 0.2) is 0 Å².